The molecule has 0 aliphatic carbocycles. The molecule has 5 nitrogen and oxygen atoms in total. The van der Waals surface area contributed by atoms with Gasteiger partial charge in [0.15, 0.2) is 0 Å². The van der Waals surface area contributed by atoms with Crippen molar-refractivity contribution in [2.24, 2.45) is 0 Å². The highest BCUT2D eigenvalue weighted by atomic mass is 79.9. The van der Waals surface area contributed by atoms with Gasteiger partial charge >= 0.3 is 0 Å². The molecule has 0 saturated heterocycles. The van der Waals surface area contributed by atoms with Gasteiger partial charge in [0.05, 0.1) is 9.82 Å². The van der Waals surface area contributed by atoms with Crippen molar-refractivity contribution in [1.29, 1.82) is 0 Å². The van der Waals surface area contributed by atoms with Crippen LogP contribution in [0.15, 0.2) is 56.7 Å². The molecule has 0 aliphatic rings. The van der Waals surface area contributed by atoms with E-state index in [1.165, 1.54) is 17.8 Å². The zero-order valence-electron chi connectivity index (χ0n) is 14.5. The minimum atomic E-state index is -0.445. The number of carbonyl (C=O) groups is 1. The lowest BCUT2D eigenvalue weighted by Gasteiger charge is -2.07. The summed E-state index contributed by atoms with van der Waals surface area (Å²) in [4.78, 5) is 24.6. The summed E-state index contributed by atoms with van der Waals surface area (Å²) in [5.41, 5.74) is 0.254. The highest BCUT2D eigenvalue weighted by Crippen LogP contribution is 2.35. The molecule has 7 heteroatoms. The minimum absolute atomic E-state index is 0.0587. The molecule has 1 N–H and O–H groups in total. The van der Waals surface area contributed by atoms with Gasteiger partial charge in [-0.1, -0.05) is 53.9 Å². The Kier molecular flexibility index (Phi) is 8.12. The molecule has 1 amide bonds. The average Bonchev–Trinajstić information content (AvgIpc) is 2.63. The van der Waals surface area contributed by atoms with E-state index < -0.39 is 4.92 Å². The molecular formula is C19H21BrN2O3S. The summed E-state index contributed by atoms with van der Waals surface area (Å²) in [6.45, 7) is 2.72. The van der Waals surface area contributed by atoms with E-state index in [-0.39, 0.29) is 11.6 Å². The van der Waals surface area contributed by atoms with Gasteiger partial charge in [0.1, 0.15) is 0 Å². The molecule has 0 spiro atoms. The standard InChI is InChI=1S/C19H21BrN2O3S/c1-2-3-4-5-12-21-19(23)14-6-11-18(17(13-14)22(24)25)26-16-9-7-15(20)8-10-16/h6-11,13H,2-5,12H2,1H3,(H,21,23). The van der Waals surface area contributed by atoms with Crippen molar-refractivity contribution in [2.75, 3.05) is 6.54 Å². The van der Waals surface area contributed by atoms with Crippen molar-refractivity contribution in [3.8, 4) is 0 Å². The summed E-state index contributed by atoms with van der Waals surface area (Å²) in [5.74, 6) is -0.273. The second-order valence-corrected chi connectivity index (χ2v) is 7.84. The van der Waals surface area contributed by atoms with Crippen LogP contribution < -0.4 is 5.32 Å². The van der Waals surface area contributed by atoms with Crippen LogP contribution >= 0.6 is 27.7 Å². The Bertz CT molecular complexity index is 766. The quantitative estimate of drug-likeness (QED) is 0.305. The predicted octanol–water partition coefficient (Wildman–Crippen LogP) is 5.82. The van der Waals surface area contributed by atoms with Crippen LogP contribution in [0.3, 0.4) is 0 Å². The van der Waals surface area contributed by atoms with E-state index >= 15 is 0 Å². The second-order valence-electron chi connectivity index (χ2n) is 5.81. The summed E-state index contributed by atoms with van der Waals surface area (Å²) in [5, 5.41) is 14.3. The lowest BCUT2D eigenvalue weighted by Crippen LogP contribution is -2.24. The van der Waals surface area contributed by atoms with Gasteiger partial charge in [-0.05, 0) is 42.8 Å². The van der Waals surface area contributed by atoms with Crippen LogP contribution in [-0.2, 0) is 0 Å². The monoisotopic (exact) mass is 436 g/mol. The van der Waals surface area contributed by atoms with Crippen molar-refractivity contribution in [3.05, 3.63) is 62.6 Å². The number of carbonyl (C=O) groups excluding carboxylic acids is 1. The Hall–Kier alpha value is -1.86. The number of rotatable bonds is 9. The Balaban J connectivity index is 2.08. The first kappa shape index (κ1) is 20.5. The fourth-order valence-corrected chi connectivity index (χ4v) is 3.54. The average molecular weight is 437 g/mol. The molecule has 2 rings (SSSR count). The summed E-state index contributed by atoms with van der Waals surface area (Å²) >= 11 is 4.67. The fraction of sp³-hybridized carbons (Fsp3) is 0.316. The van der Waals surface area contributed by atoms with Crippen LogP contribution in [0.1, 0.15) is 43.0 Å². The second kappa shape index (κ2) is 10.3. The van der Waals surface area contributed by atoms with Crippen molar-refractivity contribution >= 4 is 39.3 Å². The molecular weight excluding hydrogens is 416 g/mol. The lowest BCUT2D eigenvalue weighted by atomic mass is 10.1. The number of nitro groups is 1. The number of amides is 1. The molecule has 2 aromatic rings. The highest BCUT2D eigenvalue weighted by molar-refractivity contribution is 9.10. The molecule has 0 radical (unpaired) electrons. The maximum atomic E-state index is 12.2. The zero-order valence-corrected chi connectivity index (χ0v) is 16.9. The van der Waals surface area contributed by atoms with Gasteiger partial charge in [0, 0.05) is 27.5 Å². The van der Waals surface area contributed by atoms with Crippen LogP contribution in [0.4, 0.5) is 5.69 Å². The van der Waals surface area contributed by atoms with E-state index in [4.69, 9.17) is 0 Å². The number of nitrogens with zero attached hydrogens (tertiary/aromatic N) is 1. The molecule has 0 aliphatic heterocycles. The Labute approximate surface area is 165 Å². The smallest absolute Gasteiger partial charge is 0.284 e. The topological polar surface area (TPSA) is 72.2 Å². The van der Waals surface area contributed by atoms with Crippen molar-refractivity contribution in [2.45, 2.75) is 42.4 Å². The van der Waals surface area contributed by atoms with E-state index in [0.717, 1.165) is 35.1 Å². The van der Waals surface area contributed by atoms with Gasteiger partial charge in [0.25, 0.3) is 11.6 Å². The molecule has 138 valence electrons. The van der Waals surface area contributed by atoms with Crippen molar-refractivity contribution < 1.29 is 9.72 Å². The van der Waals surface area contributed by atoms with Gasteiger partial charge in [-0.25, -0.2) is 0 Å². The predicted molar refractivity (Wildman–Crippen MR) is 108 cm³/mol. The minimum Gasteiger partial charge on any atom is -0.352 e. The van der Waals surface area contributed by atoms with E-state index in [1.54, 1.807) is 12.1 Å². The summed E-state index contributed by atoms with van der Waals surface area (Å²) in [6, 6.07) is 12.2. The van der Waals surface area contributed by atoms with E-state index in [2.05, 4.69) is 28.2 Å². The normalized spacial score (nSPS) is 10.5. The Morgan fingerprint density at radius 3 is 2.54 bits per heavy atom. The lowest BCUT2D eigenvalue weighted by molar-refractivity contribution is -0.387. The highest BCUT2D eigenvalue weighted by Gasteiger charge is 2.18. The SMILES string of the molecule is CCCCCCNC(=O)c1ccc(Sc2ccc(Br)cc2)c([N+](=O)[O-])c1. The third kappa shape index (κ3) is 6.14. The van der Waals surface area contributed by atoms with Gasteiger partial charge in [-0.15, -0.1) is 0 Å². The van der Waals surface area contributed by atoms with Crippen molar-refractivity contribution in [3.63, 3.8) is 0 Å². The number of nitro benzene ring substituents is 1. The third-order valence-corrected chi connectivity index (χ3v) is 5.38. The summed E-state index contributed by atoms with van der Waals surface area (Å²) in [7, 11) is 0. The summed E-state index contributed by atoms with van der Waals surface area (Å²) < 4.78 is 0.947. The zero-order chi connectivity index (χ0) is 18.9. The fourth-order valence-electron chi connectivity index (χ4n) is 2.37. The number of nitrogens with one attached hydrogen (secondary N) is 1. The largest absolute Gasteiger partial charge is 0.352 e. The molecule has 0 bridgehead atoms. The van der Waals surface area contributed by atoms with Crippen LogP contribution in [-0.4, -0.2) is 17.4 Å². The first-order valence-corrected chi connectivity index (χ1v) is 10.1. The van der Waals surface area contributed by atoms with Crippen LogP contribution in [0, 0.1) is 10.1 Å². The number of unbranched alkanes of at least 4 members (excludes halogenated alkanes) is 3. The first-order chi connectivity index (χ1) is 12.5. The van der Waals surface area contributed by atoms with Gasteiger partial charge in [-0.2, -0.15) is 0 Å². The van der Waals surface area contributed by atoms with Crippen LogP contribution in [0.5, 0.6) is 0 Å². The van der Waals surface area contributed by atoms with Crippen LogP contribution in [0.25, 0.3) is 0 Å². The molecule has 0 unspecified atom stereocenters. The first-order valence-electron chi connectivity index (χ1n) is 8.51. The van der Waals surface area contributed by atoms with E-state index in [1.807, 2.05) is 24.3 Å². The molecule has 0 saturated carbocycles. The number of halogens is 1. The van der Waals surface area contributed by atoms with Crippen molar-refractivity contribution in [1.82, 2.24) is 5.32 Å². The number of benzene rings is 2. The Morgan fingerprint density at radius 2 is 1.88 bits per heavy atom. The Morgan fingerprint density at radius 1 is 1.15 bits per heavy atom. The third-order valence-electron chi connectivity index (χ3n) is 3.78. The molecule has 0 heterocycles. The molecule has 0 aromatic heterocycles. The maximum Gasteiger partial charge on any atom is 0.284 e. The number of hydrogen-bond acceptors (Lipinski definition) is 4. The molecule has 26 heavy (non-hydrogen) atoms. The summed E-state index contributed by atoms with van der Waals surface area (Å²) in [6.07, 6.45) is 4.26. The van der Waals surface area contributed by atoms with E-state index in [9.17, 15) is 14.9 Å². The number of hydrogen-bond donors (Lipinski definition) is 1. The van der Waals surface area contributed by atoms with E-state index in [0.29, 0.717) is 17.0 Å². The van der Waals surface area contributed by atoms with Gasteiger partial charge < -0.3 is 5.32 Å². The maximum absolute atomic E-state index is 12.2. The molecule has 0 fully saturated rings. The van der Waals surface area contributed by atoms with Gasteiger partial charge in [0.2, 0.25) is 0 Å². The molecule has 2 aromatic carbocycles. The van der Waals surface area contributed by atoms with Gasteiger partial charge in [-0.3, -0.25) is 14.9 Å². The van der Waals surface area contributed by atoms with Crippen LogP contribution in [0.2, 0.25) is 0 Å². The molecule has 0 atom stereocenters.